The van der Waals surface area contributed by atoms with E-state index in [1.54, 1.807) is 26.2 Å². The predicted molar refractivity (Wildman–Crippen MR) is 413 cm³/mol. The first-order chi connectivity index (χ1) is 50.7. The van der Waals surface area contributed by atoms with Gasteiger partial charge in [0.05, 0.1) is 22.4 Å². The van der Waals surface area contributed by atoms with E-state index in [0.29, 0.717) is 0 Å². The Morgan fingerprint density at radius 1 is 0.523 bits per heavy atom. The van der Waals surface area contributed by atoms with Gasteiger partial charge < -0.3 is 52.5 Å². The number of aromatic nitrogens is 2. The molecule has 16 nitrogen and oxygen atoms in total. The third kappa shape index (κ3) is 25.4. The largest absolute Gasteiger partial charge is 0.501 e. The Hall–Kier alpha value is -3.61. The van der Waals surface area contributed by atoms with Crippen molar-refractivity contribution in [3.63, 3.8) is 0 Å². The van der Waals surface area contributed by atoms with E-state index in [0.717, 1.165) is 104 Å². The van der Waals surface area contributed by atoms with Crippen LogP contribution in [0, 0.1) is 18.2 Å². The molecule has 1 atom stereocenters. The molecule has 2 N–H and O–H groups in total. The predicted octanol–water partition coefficient (Wildman–Crippen LogP) is 11.0. The van der Waals surface area contributed by atoms with Gasteiger partial charge in [-0.25, -0.2) is 4.67 Å². The maximum absolute atomic E-state index is 14.8. The number of halogens is 3. The summed E-state index contributed by atoms with van der Waals surface area (Å²) < 4.78 is 122. The van der Waals surface area contributed by atoms with Gasteiger partial charge in [0.1, 0.15) is 18.3 Å². The average molecular weight is 1980 g/mol. The van der Waals surface area contributed by atoms with Gasteiger partial charge in [-0.3, -0.25) is 4.55 Å². The number of para-hydroxylation sites is 2. The summed E-state index contributed by atoms with van der Waals surface area (Å²) in [4.78, 5) is 17.6. The Morgan fingerprint density at radius 3 is 1.19 bits per heavy atom. The van der Waals surface area contributed by atoms with Crippen LogP contribution >= 0.6 is 22.5 Å². The molecule has 0 spiro atoms. The van der Waals surface area contributed by atoms with Crippen molar-refractivity contribution in [3.8, 4) is 22.5 Å². The molecule has 29 heteroatoms. The standard InChI is InChI=1S/C24H26BO3P.C18H14OP.2C17H10NO.C3H8O.CHF3O3S.2Ir.3K.HO4P/c1-23(2)24(3,4)28-25(27-23)21-17-11-12-18-22(21)29(26,19-13-7-5-8-14-19)20-15-9-6-10-16-20;19-20(16-10-4-1-5-11-16,17-12-6-2-7-13-17)18-14-8-3-9-15-18;2*1-2-10-16-12(6-1)13-7-5-8-14(17(13)19-16)15-9-3-4-11-18-15;1-3(2)4;2-1(3,4)8(5,6)7;;;;;;1-4-5(2)3/h5-18H,1-4H3;1-14H;2*1-7,9-11H;3-4H,1-2H3;(H,5,6,7);;;;;;1H/q;3*-1;;;;;;;+1;/p-1. The zero-order chi connectivity index (χ0) is 76.7. The zero-order valence-electron chi connectivity index (χ0n) is 60.6. The van der Waals surface area contributed by atoms with E-state index in [1.165, 1.54) is 63.2 Å². The molecule has 0 saturated carbocycles. The Labute approximate surface area is 748 Å². The molecule has 15 rings (SSSR count). The molecule has 1 unspecified atom stereocenters. The molecule has 1 fully saturated rings. The normalized spacial score (nSPS) is 12.7. The zero-order valence-corrected chi connectivity index (χ0v) is 78.3. The first-order valence-electron chi connectivity index (χ1n) is 33.2. The maximum Gasteiger partial charge on any atom is 0.120 e. The fourth-order valence-electron chi connectivity index (χ4n) is 10.7. The molecule has 10 aromatic carbocycles. The van der Waals surface area contributed by atoms with Crippen LogP contribution < -0.4 is 98.8 Å². The Balaban J connectivity index is 0.000000241. The number of benzene rings is 10. The fraction of sp³-hybridized carbons (Fsp3) is 0.125. The van der Waals surface area contributed by atoms with Crippen molar-refractivity contribution in [3.05, 3.63) is 310 Å². The number of aliphatic hydroxyl groups excluding tert-OH is 1. The van der Waals surface area contributed by atoms with Crippen LogP contribution in [0.2, 0.25) is 0 Å². The monoisotopic (exact) mass is 1980 g/mol. The summed E-state index contributed by atoms with van der Waals surface area (Å²) in [5, 5.41) is 25.9. The Morgan fingerprint density at radius 2 is 0.853 bits per heavy atom. The number of pyridine rings is 2. The minimum absolute atomic E-state index is 0. The van der Waals surface area contributed by atoms with Gasteiger partial charge in [-0.1, -0.05) is 233 Å². The number of fused-ring (bicyclic) bond motifs is 6. The second-order valence-electron chi connectivity index (χ2n) is 24.1. The van der Waals surface area contributed by atoms with Crippen LogP contribution in [-0.4, -0.2) is 121 Å². The molecule has 1 saturated heterocycles. The van der Waals surface area contributed by atoms with E-state index in [-0.39, 0.29) is 97.7 Å². The van der Waals surface area contributed by atoms with E-state index in [2.05, 4.69) is 45.0 Å². The van der Waals surface area contributed by atoms with Gasteiger partial charge in [0.25, 0.3) is 0 Å². The van der Waals surface area contributed by atoms with E-state index >= 15 is 0 Å². The second kappa shape index (κ2) is 45.6. The van der Waals surface area contributed by atoms with Crippen LogP contribution in [-0.2, 0) is 78.0 Å². The summed E-state index contributed by atoms with van der Waals surface area (Å²) in [7, 11) is -15.5. The van der Waals surface area contributed by atoms with Crippen molar-refractivity contribution in [1.82, 2.24) is 9.97 Å². The van der Waals surface area contributed by atoms with Crippen molar-refractivity contribution >= 4 is 184 Å². The molecule has 2 radical (unpaired) electrons. The molecule has 552 valence electrons. The maximum atomic E-state index is 14.8. The van der Waals surface area contributed by atoms with Crippen molar-refractivity contribution in [2.75, 3.05) is 0 Å². The van der Waals surface area contributed by atoms with Crippen molar-refractivity contribution in [2.45, 2.75) is 64.4 Å². The Kier molecular flexibility index (Phi) is 40.2. The number of hydrogen-bond donors (Lipinski definition) is 2. The summed E-state index contributed by atoms with van der Waals surface area (Å²) >= 11 is 2.50. The summed E-state index contributed by atoms with van der Waals surface area (Å²) in [6.45, 7) is 11.6. The van der Waals surface area contributed by atoms with Gasteiger partial charge >= 0.3 is 146 Å². The molecule has 109 heavy (non-hydrogen) atoms. The fourth-order valence-corrected chi connectivity index (χ4v) is 16.2. The summed E-state index contributed by atoms with van der Waals surface area (Å²) in [5.74, 6) is 0. The topological polar surface area (TPSA) is 252 Å². The number of aliphatic hydroxyl groups is 1. The number of nitrogens with zero attached hydrogens (tertiary/aromatic N) is 2. The third-order valence-corrected chi connectivity index (χ3v) is 23.0. The van der Waals surface area contributed by atoms with E-state index < -0.39 is 56.5 Å². The van der Waals surface area contributed by atoms with E-state index in [1.807, 2.05) is 295 Å². The molecule has 1 aliphatic heterocycles. The van der Waals surface area contributed by atoms with Gasteiger partial charge in [-0.2, -0.15) is 51.9 Å². The smallest absolute Gasteiger partial charge is 0.120 e. The molecular formula is C80H69BF3Ir2K3N2O14P3S-3. The molecule has 4 aromatic heterocycles. The molecular weight excluding hydrogens is 1910 g/mol. The van der Waals surface area contributed by atoms with Crippen LogP contribution in [0.5, 0.6) is 0 Å². The first kappa shape index (κ1) is 96.0. The average Bonchev–Trinajstić information content (AvgIpc) is 1.76. The minimum Gasteiger partial charge on any atom is -0.501 e. The van der Waals surface area contributed by atoms with Crippen LogP contribution in [0.4, 0.5) is 13.2 Å². The van der Waals surface area contributed by atoms with Crippen molar-refractivity contribution in [1.29, 1.82) is 0 Å². The number of alkyl halides is 3. The molecule has 0 bridgehead atoms. The first-order valence-corrected chi connectivity index (χ1v) is 55.1. The van der Waals surface area contributed by atoms with Gasteiger partial charge in [0, 0.05) is 96.0 Å². The van der Waals surface area contributed by atoms with Crippen LogP contribution in [0.15, 0.2) is 300 Å². The molecule has 0 amide bonds. The summed E-state index contributed by atoms with van der Waals surface area (Å²) in [6.07, 6.45) is 3.40. The van der Waals surface area contributed by atoms with Crippen LogP contribution in [0.3, 0.4) is 0 Å². The van der Waals surface area contributed by atoms with Crippen molar-refractivity contribution < 1.29 is 170 Å². The quantitative estimate of drug-likeness (QED) is 0.0246. The van der Waals surface area contributed by atoms with Gasteiger partial charge in [-0.15, -0.1) is 36.4 Å². The minimum atomic E-state index is -5.84. The van der Waals surface area contributed by atoms with E-state index in [9.17, 15) is 22.3 Å². The van der Waals surface area contributed by atoms with Gasteiger partial charge in [0.15, 0.2) is 7.14 Å². The van der Waals surface area contributed by atoms with Crippen LogP contribution in [0.1, 0.15) is 41.5 Å². The molecule has 14 aromatic rings. The number of furan rings is 2. The van der Waals surface area contributed by atoms with Crippen molar-refractivity contribution in [2.24, 2.45) is 0 Å². The number of rotatable bonds is 10. The Bertz CT molecular complexity index is 5050. The van der Waals surface area contributed by atoms with Crippen LogP contribution in [0.25, 0.3) is 66.4 Å². The summed E-state index contributed by atoms with van der Waals surface area (Å²) in [6, 6.07) is 99.3. The summed E-state index contributed by atoms with van der Waals surface area (Å²) in [5.41, 5.74) is 1.44. The SMILES string of the molecule is CC(C)O.CC1(C)OB(c2ccccc2P(=O)(c2ccccc2)c2ccccc2)OC1(C)C.O=P(c1[c-]cccc1)(c1ccccc1)c1ccccc1.O=S(=O)(O)C(F)(F)F.O=[P+]([O-])O[O-].[Ir].[Ir].[K+].[K][K].[c-]1ccc2c(oc3ccccc32)c1-c1ccccn1.[c-]1ccc2c(oc3ccccc32)c1-c1ccccn1. The molecule has 1 aliphatic rings. The van der Waals surface area contributed by atoms with E-state index in [4.69, 9.17) is 50.9 Å². The van der Waals surface area contributed by atoms with Gasteiger partial charge in [0.2, 0.25) is 0 Å². The second-order valence-corrected chi connectivity index (χ2v) is 31.6. The molecule has 0 aliphatic carbocycles. The third-order valence-electron chi connectivity index (χ3n) is 16.2. The molecule has 5 heterocycles. The number of hydrogen-bond acceptors (Lipinski definition) is 15. The van der Waals surface area contributed by atoms with Gasteiger partial charge in [-0.05, 0) is 87.2 Å².